The SMILES string of the molecule is CCOC(=O)Oc1ccc(NC(=O)Nc2cccc(C(=O)OC)c2)cc1. The molecule has 2 N–H and O–H groups in total. The zero-order chi connectivity index (χ0) is 18.9. The molecule has 136 valence electrons. The number of carbonyl (C=O) groups is 3. The average molecular weight is 358 g/mol. The normalized spacial score (nSPS) is 9.77. The quantitative estimate of drug-likeness (QED) is 0.625. The third-order valence-electron chi connectivity index (χ3n) is 3.12. The van der Waals surface area contributed by atoms with E-state index < -0.39 is 18.2 Å². The number of methoxy groups -OCH3 is 1. The van der Waals surface area contributed by atoms with Crippen molar-refractivity contribution in [3.05, 3.63) is 54.1 Å². The minimum atomic E-state index is -0.795. The molecule has 0 saturated heterocycles. The standard InChI is InChI=1S/C18H18N2O6/c1-3-25-18(23)26-15-9-7-13(8-10-15)19-17(22)20-14-6-4-5-12(11-14)16(21)24-2/h4-11H,3H2,1-2H3,(H2,19,20,22). The van der Waals surface area contributed by atoms with Gasteiger partial charge in [0.15, 0.2) is 0 Å². The first kappa shape index (κ1) is 18.8. The summed E-state index contributed by atoms with van der Waals surface area (Å²) in [6.45, 7) is 1.89. The van der Waals surface area contributed by atoms with Crippen LogP contribution in [0.3, 0.4) is 0 Å². The Kier molecular flexibility index (Phi) is 6.55. The maximum absolute atomic E-state index is 12.0. The zero-order valence-corrected chi connectivity index (χ0v) is 14.3. The number of carbonyl (C=O) groups excluding carboxylic acids is 3. The number of nitrogens with one attached hydrogen (secondary N) is 2. The first-order valence-corrected chi connectivity index (χ1v) is 7.73. The first-order chi connectivity index (χ1) is 12.5. The fourth-order valence-electron chi connectivity index (χ4n) is 1.99. The van der Waals surface area contributed by atoms with Crippen molar-refractivity contribution in [2.24, 2.45) is 0 Å². The maximum atomic E-state index is 12.0. The molecule has 0 fully saturated rings. The second-order valence-electron chi connectivity index (χ2n) is 4.96. The Labute approximate surface area is 150 Å². The summed E-state index contributed by atoms with van der Waals surface area (Å²) in [6.07, 6.45) is -0.795. The van der Waals surface area contributed by atoms with Gasteiger partial charge in [-0.1, -0.05) is 6.07 Å². The van der Waals surface area contributed by atoms with Gasteiger partial charge in [-0.2, -0.15) is 0 Å². The number of amides is 2. The molecule has 2 aromatic carbocycles. The van der Waals surface area contributed by atoms with Crippen molar-refractivity contribution in [2.45, 2.75) is 6.92 Å². The van der Waals surface area contributed by atoms with Crippen LogP contribution in [0.2, 0.25) is 0 Å². The molecular formula is C18H18N2O6. The van der Waals surface area contributed by atoms with E-state index in [1.807, 2.05) is 0 Å². The topological polar surface area (TPSA) is 103 Å². The molecule has 0 aromatic heterocycles. The molecule has 0 bridgehead atoms. The molecule has 8 heteroatoms. The predicted octanol–water partition coefficient (Wildman–Crippen LogP) is 3.65. The fraction of sp³-hybridized carbons (Fsp3) is 0.167. The third kappa shape index (κ3) is 5.52. The van der Waals surface area contributed by atoms with Crippen molar-refractivity contribution in [1.29, 1.82) is 0 Å². The summed E-state index contributed by atoms with van der Waals surface area (Å²) in [7, 11) is 1.28. The summed E-state index contributed by atoms with van der Waals surface area (Å²) in [6, 6.07) is 12.0. The van der Waals surface area contributed by atoms with Crippen LogP contribution in [-0.4, -0.2) is 31.9 Å². The Balaban J connectivity index is 1.93. The van der Waals surface area contributed by atoms with Gasteiger partial charge in [0.1, 0.15) is 5.75 Å². The first-order valence-electron chi connectivity index (χ1n) is 7.73. The fourth-order valence-corrected chi connectivity index (χ4v) is 1.99. The summed E-state index contributed by atoms with van der Waals surface area (Å²) in [5.74, 6) is -0.202. The lowest BCUT2D eigenvalue weighted by Gasteiger charge is -2.09. The highest BCUT2D eigenvalue weighted by Gasteiger charge is 2.09. The van der Waals surface area contributed by atoms with Gasteiger partial charge >= 0.3 is 18.2 Å². The summed E-state index contributed by atoms with van der Waals surface area (Å²) < 4.78 is 14.2. The molecular weight excluding hydrogens is 340 g/mol. The van der Waals surface area contributed by atoms with Gasteiger partial charge in [0.25, 0.3) is 0 Å². The summed E-state index contributed by atoms with van der Waals surface area (Å²) in [4.78, 5) is 34.8. The van der Waals surface area contributed by atoms with Crippen LogP contribution in [0, 0.1) is 0 Å². The summed E-state index contributed by atoms with van der Waals surface area (Å²) in [5.41, 5.74) is 1.25. The zero-order valence-electron chi connectivity index (χ0n) is 14.3. The van der Waals surface area contributed by atoms with Gasteiger partial charge in [0, 0.05) is 11.4 Å². The van der Waals surface area contributed by atoms with Gasteiger partial charge in [0.05, 0.1) is 19.3 Å². The lowest BCUT2D eigenvalue weighted by Crippen LogP contribution is -2.19. The average Bonchev–Trinajstić information content (AvgIpc) is 2.63. The Morgan fingerprint density at radius 2 is 1.65 bits per heavy atom. The van der Waals surface area contributed by atoms with Gasteiger partial charge in [-0.15, -0.1) is 0 Å². The molecule has 0 aliphatic carbocycles. The monoisotopic (exact) mass is 358 g/mol. The summed E-state index contributed by atoms with van der Waals surface area (Å²) >= 11 is 0. The van der Waals surface area contributed by atoms with E-state index in [1.165, 1.54) is 25.3 Å². The maximum Gasteiger partial charge on any atom is 0.513 e. The Morgan fingerprint density at radius 3 is 2.31 bits per heavy atom. The lowest BCUT2D eigenvalue weighted by atomic mass is 10.2. The molecule has 0 saturated carbocycles. The van der Waals surface area contributed by atoms with E-state index in [-0.39, 0.29) is 6.61 Å². The number of rotatable bonds is 5. The lowest BCUT2D eigenvalue weighted by molar-refractivity contribution is 0.0600. The van der Waals surface area contributed by atoms with Crippen LogP contribution in [0.25, 0.3) is 0 Å². The Hall–Kier alpha value is -3.55. The highest BCUT2D eigenvalue weighted by Crippen LogP contribution is 2.17. The van der Waals surface area contributed by atoms with E-state index in [4.69, 9.17) is 4.74 Å². The number of urea groups is 1. The Morgan fingerprint density at radius 1 is 0.962 bits per heavy atom. The molecule has 0 atom stereocenters. The van der Waals surface area contributed by atoms with Crippen LogP contribution in [0.15, 0.2) is 48.5 Å². The molecule has 8 nitrogen and oxygen atoms in total. The second kappa shape index (κ2) is 9.07. The molecule has 26 heavy (non-hydrogen) atoms. The van der Waals surface area contributed by atoms with Crippen LogP contribution in [0.1, 0.15) is 17.3 Å². The smallest absolute Gasteiger partial charge is 0.465 e. The van der Waals surface area contributed by atoms with Gasteiger partial charge < -0.3 is 24.8 Å². The number of esters is 1. The van der Waals surface area contributed by atoms with Crippen molar-refractivity contribution in [3.63, 3.8) is 0 Å². The summed E-state index contributed by atoms with van der Waals surface area (Å²) in [5, 5.41) is 5.23. The van der Waals surface area contributed by atoms with Crippen molar-refractivity contribution in [2.75, 3.05) is 24.4 Å². The van der Waals surface area contributed by atoms with E-state index in [9.17, 15) is 14.4 Å². The van der Waals surface area contributed by atoms with E-state index >= 15 is 0 Å². The molecule has 2 rings (SSSR count). The largest absolute Gasteiger partial charge is 0.513 e. The molecule has 0 radical (unpaired) electrons. The minimum Gasteiger partial charge on any atom is -0.465 e. The number of hydrogen-bond acceptors (Lipinski definition) is 6. The van der Waals surface area contributed by atoms with Crippen molar-refractivity contribution < 1.29 is 28.6 Å². The van der Waals surface area contributed by atoms with E-state index in [1.54, 1.807) is 37.3 Å². The number of benzene rings is 2. The van der Waals surface area contributed by atoms with Crippen molar-refractivity contribution in [3.8, 4) is 5.75 Å². The number of ether oxygens (including phenoxy) is 3. The van der Waals surface area contributed by atoms with E-state index in [0.717, 1.165) is 0 Å². The van der Waals surface area contributed by atoms with E-state index in [2.05, 4.69) is 20.1 Å². The molecule has 0 spiro atoms. The molecule has 2 amide bonds. The molecule has 0 aliphatic rings. The minimum absolute atomic E-state index is 0.218. The Bertz CT molecular complexity index is 789. The molecule has 0 aliphatic heterocycles. The number of anilines is 2. The van der Waals surface area contributed by atoms with Crippen molar-refractivity contribution >= 4 is 29.5 Å². The highest BCUT2D eigenvalue weighted by atomic mass is 16.7. The third-order valence-corrected chi connectivity index (χ3v) is 3.12. The van der Waals surface area contributed by atoms with Crippen LogP contribution in [-0.2, 0) is 9.47 Å². The highest BCUT2D eigenvalue weighted by molar-refractivity contribution is 6.00. The van der Waals surface area contributed by atoms with Gasteiger partial charge in [-0.25, -0.2) is 14.4 Å². The molecule has 0 unspecified atom stereocenters. The molecule has 0 heterocycles. The molecule has 2 aromatic rings. The van der Waals surface area contributed by atoms with Crippen molar-refractivity contribution in [1.82, 2.24) is 0 Å². The van der Waals surface area contributed by atoms with E-state index in [0.29, 0.717) is 22.7 Å². The van der Waals surface area contributed by atoms with Gasteiger partial charge in [0.2, 0.25) is 0 Å². The van der Waals surface area contributed by atoms with Crippen LogP contribution >= 0.6 is 0 Å². The predicted molar refractivity (Wildman–Crippen MR) is 94.5 cm³/mol. The number of hydrogen-bond donors (Lipinski definition) is 2. The van der Waals surface area contributed by atoms with Crippen LogP contribution in [0.4, 0.5) is 21.0 Å². The van der Waals surface area contributed by atoms with Gasteiger partial charge in [-0.3, -0.25) is 0 Å². The van der Waals surface area contributed by atoms with Crippen LogP contribution < -0.4 is 15.4 Å². The van der Waals surface area contributed by atoms with Crippen LogP contribution in [0.5, 0.6) is 5.75 Å². The second-order valence-corrected chi connectivity index (χ2v) is 4.96. The van der Waals surface area contributed by atoms with Gasteiger partial charge in [-0.05, 0) is 49.4 Å².